The number of hydrogen-bond donors (Lipinski definition) is 2. The monoisotopic (exact) mass is 236 g/mol. The van der Waals surface area contributed by atoms with Crippen molar-refractivity contribution in [3.05, 3.63) is 34.9 Å². The molecule has 3 N–H and O–H groups in total. The molecule has 0 aromatic heterocycles. The van der Waals surface area contributed by atoms with Gasteiger partial charge in [0.1, 0.15) is 0 Å². The van der Waals surface area contributed by atoms with Gasteiger partial charge in [-0.25, -0.2) is 0 Å². The van der Waals surface area contributed by atoms with Crippen LogP contribution in [-0.4, -0.2) is 16.9 Å². The number of carbonyl (C=O) groups is 1. The molecule has 1 amide bonds. The summed E-state index contributed by atoms with van der Waals surface area (Å²) in [5.41, 5.74) is 8.19. The van der Waals surface area contributed by atoms with E-state index in [9.17, 15) is 4.79 Å². The maximum Gasteiger partial charge on any atom is 0.252 e. The minimum absolute atomic E-state index is 0.137. The Hall–Kier alpha value is -1.42. The van der Waals surface area contributed by atoms with Gasteiger partial charge in [-0.1, -0.05) is 24.4 Å². The van der Waals surface area contributed by atoms with E-state index < -0.39 is 0 Å². The number of nitrogens with two attached hydrogens (primary N) is 1. The van der Waals surface area contributed by atoms with Gasteiger partial charge in [0, 0.05) is 5.56 Å². The van der Waals surface area contributed by atoms with Crippen LogP contribution in [0.2, 0.25) is 0 Å². The van der Waals surface area contributed by atoms with E-state index in [0.29, 0.717) is 10.6 Å². The lowest BCUT2D eigenvalue weighted by molar-refractivity contribution is 0.0948. The minimum atomic E-state index is -0.289. The fourth-order valence-electron chi connectivity index (χ4n) is 1.34. The standard InChI is InChI=1S/C12H16N2OS/c1-7-5-4-6-10(8(7)2)12(15)14-9(3)11(13)16/h4-6,9H,1-3H3,(H2,13,16)(H,14,15). The third kappa shape index (κ3) is 2.79. The summed E-state index contributed by atoms with van der Waals surface area (Å²) >= 11 is 4.81. The van der Waals surface area contributed by atoms with Crippen LogP contribution in [0.3, 0.4) is 0 Å². The van der Waals surface area contributed by atoms with Gasteiger partial charge >= 0.3 is 0 Å². The van der Waals surface area contributed by atoms with Gasteiger partial charge in [0.25, 0.3) is 5.91 Å². The van der Waals surface area contributed by atoms with Crippen LogP contribution in [0.5, 0.6) is 0 Å². The molecular formula is C12H16N2OS. The number of benzene rings is 1. The van der Waals surface area contributed by atoms with Gasteiger partial charge in [0.05, 0.1) is 11.0 Å². The lowest BCUT2D eigenvalue weighted by atomic mass is 10.0. The van der Waals surface area contributed by atoms with Crippen LogP contribution in [0.4, 0.5) is 0 Å². The van der Waals surface area contributed by atoms with Crippen LogP contribution >= 0.6 is 12.2 Å². The summed E-state index contributed by atoms with van der Waals surface area (Å²) in [5, 5.41) is 2.76. The molecule has 3 nitrogen and oxygen atoms in total. The molecule has 0 saturated heterocycles. The van der Waals surface area contributed by atoms with E-state index in [1.807, 2.05) is 26.0 Å². The van der Waals surface area contributed by atoms with Crippen molar-refractivity contribution in [2.45, 2.75) is 26.8 Å². The van der Waals surface area contributed by atoms with Crippen molar-refractivity contribution < 1.29 is 4.79 Å². The maximum atomic E-state index is 11.9. The molecule has 0 spiro atoms. The summed E-state index contributed by atoms with van der Waals surface area (Å²) < 4.78 is 0. The molecule has 16 heavy (non-hydrogen) atoms. The molecule has 86 valence electrons. The first-order valence-corrected chi connectivity index (χ1v) is 5.50. The van der Waals surface area contributed by atoms with E-state index >= 15 is 0 Å². The second kappa shape index (κ2) is 5.07. The van der Waals surface area contributed by atoms with E-state index in [1.54, 1.807) is 13.0 Å². The Morgan fingerprint density at radius 3 is 2.62 bits per heavy atom. The number of aryl methyl sites for hydroxylation is 1. The van der Waals surface area contributed by atoms with Crippen LogP contribution in [0.25, 0.3) is 0 Å². The van der Waals surface area contributed by atoms with Crippen LogP contribution < -0.4 is 11.1 Å². The van der Waals surface area contributed by atoms with E-state index in [4.69, 9.17) is 18.0 Å². The largest absolute Gasteiger partial charge is 0.392 e. The van der Waals surface area contributed by atoms with Crippen molar-refractivity contribution in [2.75, 3.05) is 0 Å². The topological polar surface area (TPSA) is 55.1 Å². The zero-order chi connectivity index (χ0) is 12.3. The third-order valence-electron chi connectivity index (χ3n) is 2.62. The first-order valence-electron chi connectivity index (χ1n) is 5.10. The lowest BCUT2D eigenvalue weighted by Crippen LogP contribution is -2.41. The summed E-state index contributed by atoms with van der Waals surface area (Å²) in [6.07, 6.45) is 0. The Balaban J connectivity index is 2.89. The predicted octanol–water partition coefficient (Wildman–Crippen LogP) is 1.71. The summed E-state index contributed by atoms with van der Waals surface area (Å²) in [5.74, 6) is -0.137. The highest BCUT2D eigenvalue weighted by Gasteiger charge is 2.13. The van der Waals surface area contributed by atoms with Crippen molar-refractivity contribution >= 4 is 23.1 Å². The van der Waals surface area contributed by atoms with Crippen molar-refractivity contribution in [3.8, 4) is 0 Å². The SMILES string of the molecule is Cc1cccc(C(=O)NC(C)C(N)=S)c1C. The Kier molecular flexibility index (Phi) is 4.01. The van der Waals surface area contributed by atoms with Crippen molar-refractivity contribution in [3.63, 3.8) is 0 Å². The Morgan fingerprint density at radius 2 is 2.06 bits per heavy atom. The van der Waals surface area contributed by atoms with Gasteiger partial charge in [0.2, 0.25) is 0 Å². The van der Waals surface area contributed by atoms with Crippen LogP contribution in [0.1, 0.15) is 28.4 Å². The van der Waals surface area contributed by atoms with E-state index in [1.165, 1.54) is 0 Å². The predicted molar refractivity (Wildman–Crippen MR) is 69.6 cm³/mol. The highest BCUT2D eigenvalue weighted by molar-refractivity contribution is 7.80. The number of rotatable bonds is 3. The second-order valence-corrected chi connectivity index (χ2v) is 4.32. The van der Waals surface area contributed by atoms with Gasteiger partial charge in [-0.2, -0.15) is 0 Å². The molecule has 1 aromatic carbocycles. The molecule has 0 aliphatic rings. The zero-order valence-corrected chi connectivity index (χ0v) is 10.5. The molecule has 0 aliphatic heterocycles. The van der Waals surface area contributed by atoms with E-state index in [-0.39, 0.29) is 11.9 Å². The number of thiocarbonyl (C=S) groups is 1. The summed E-state index contributed by atoms with van der Waals surface area (Å²) in [7, 11) is 0. The van der Waals surface area contributed by atoms with Gasteiger partial charge in [-0.15, -0.1) is 0 Å². The fourth-order valence-corrected chi connectivity index (χ4v) is 1.40. The average Bonchev–Trinajstić information content (AvgIpc) is 2.21. The Labute approximate surface area is 101 Å². The molecule has 4 heteroatoms. The Bertz CT molecular complexity index is 429. The van der Waals surface area contributed by atoms with Crippen molar-refractivity contribution in [2.24, 2.45) is 5.73 Å². The molecule has 1 atom stereocenters. The van der Waals surface area contributed by atoms with Gasteiger partial charge < -0.3 is 11.1 Å². The fraction of sp³-hybridized carbons (Fsp3) is 0.333. The quantitative estimate of drug-likeness (QED) is 0.786. The molecule has 0 heterocycles. The van der Waals surface area contributed by atoms with Crippen molar-refractivity contribution in [1.29, 1.82) is 0 Å². The van der Waals surface area contributed by atoms with E-state index in [2.05, 4.69) is 5.32 Å². The average molecular weight is 236 g/mol. The number of amides is 1. The third-order valence-corrected chi connectivity index (χ3v) is 2.98. The van der Waals surface area contributed by atoms with Crippen LogP contribution in [-0.2, 0) is 0 Å². The van der Waals surface area contributed by atoms with E-state index in [0.717, 1.165) is 11.1 Å². The number of hydrogen-bond acceptors (Lipinski definition) is 2. The first kappa shape index (κ1) is 12.6. The lowest BCUT2D eigenvalue weighted by Gasteiger charge is -2.14. The molecule has 1 rings (SSSR count). The number of nitrogens with one attached hydrogen (secondary N) is 1. The second-order valence-electron chi connectivity index (χ2n) is 3.84. The van der Waals surface area contributed by atoms with Gasteiger partial charge in [0.15, 0.2) is 0 Å². The van der Waals surface area contributed by atoms with Crippen molar-refractivity contribution in [1.82, 2.24) is 5.32 Å². The summed E-state index contributed by atoms with van der Waals surface area (Å²) in [6, 6.07) is 5.35. The molecule has 1 aromatic rings. The number of carbonyl (C=O) groups excluding carboxylic acids is 1. The highest BCUT2D eigenvalue weighted by atomic mass is 32.1. The molecule has 0 saturated carbocycles. The molecule has 0 aliphatic carbocycles. The van der Waals surface area contributed by atoms with Crippen LogP contribution in [0, 0.1) is 13.8 Å². The summed E-state index contributed by atoms with van der Waals surface area (Å²) in [4.78, 5) is 12.2. The van der Waals surface area contributed by atoms with Crippen LogP contribution in [0.15, 0.2) is 18.2 Å². The Morgan fingerprint density at radius 1 is 1.44 bits per heavy atom. The van der Waals surface area contributed by atoms with Gasteiger partial charge in [-0.3, -0.25) is 4.79 Å². The van der Waals surface area contributed by atoms with Gasteiger partial charge in [-0.05, 0) is 38.0 Å². The highest BCUT2D eigenvalue weighted by Crippen LogP contribution is 2.12. The molecule has 0 radical (unpaired) electrons. The maximum absolute atomic E-state index is 11.9. The minimum Gasteiger partial charge on any atom is -0.392 e. The molecule has 0 fully saturated rings. The molecule has 1 unspecified atom stereocenters. The molecular weight excluding hydrogens is 220 g/mol. The first-order chi connectivity index (χ1) is 7.43. The smallest absolute Gasteiger partial charge is 0.252 e. The summed E-state index contributed by atoms with van der Waals surface area (Å²) in [6.45, 7) is 5.67. The zero-order valence-electron chi connectivity index (χ0n) is 9.70. The normalized spacial score (nSPS) is 11.9. The molecule has 0 bridgehead atoms.